The van der Waals surface area contributed by atoms with Crippen LogP contribution in [0.25, 0.3) is 0 Å². The van der Waals surface area contributed by atoms with Crippen molar-refractivity contribution in [3.63, 3.8) is 0 Å². The SMILES string of the molecule is CCCCC/C=C\C/C=C\CCCCCCCCCCCC(=O)OCCCCCCCCCCCCCCCCCCCC/C=C\CCCCCCCCCCCCCCCCCCCC(=O)NC(CO)C(O)/C=C/CCCCCCCCCCCCCCCCCCC. The zero-order valence-electron chi connectivity index (χ0n) is 63.7. The molecule has 0 aromatic rings. The molecule has 94 heavy (non-hydrogen) atoms. The minimum Gasteiger partial charge on any atom is -0.466 e. The Kier molecular flexibility index (Phi) is 81.3. The summed E-state index contributed by atoms with van der Waals surface area (Å²) in [6.45, 7) is 4.93. The predicted molar refractivity (Wildman–Crippen MR) is 416 cm³/mol. The van der Waals surface area contributed by atoms with E-state index in [1.54, 1.807) is 6.08 Å². The van der Waals surface area contributed by atoms with Gasteiger partial charge in [0, 0.05) is 12.8 Å². The van der Waals surface area contributed by atoms with Gasteiger partial charge in [-0.25, -0.2) is 0 Å². The second-order valence-corrected chi connectivity index (χ2v) is 29.5. The van der Waals surface area contributed by atoms with E-state index in [2.05, 4.69) is 55.6 Å². The van der Waals surface area contributed by atoms with E-state index in [9.17, 15) is 19.8 Å². The number of carbonyl (C=O) groups is 2. The van der Waals surface area contributed by atoms with Crippen LogP contribution in [-0.4, -0.2) is 47.4 Å². The molecular formula is C88H167NO5. The van der Waals surface area contributed by atoms with E-state index >= 15 is 0 Å². The summed E-state index contributed by atoms with van der Waals surface area (Å²) in [5.74, 6) is -0.0403. The van der Waals surface area contributed by atoms with Crippen LogP contribution in [0.5, 0.6) is 0 Å². The van der Waals surface area contributed by atoms with Gasteiger partial charge in [0.15, 0.2) is 0 Å². The fourth-order valence-electron chi connectivity index (χ4n) is 13.5. The molecule has 3 N–H and O–H groups in total. The Labute approximate surface area is 588 Å². The number of rotatable bonds is 81. The van der Waals surface area contributed by atoms with E-state index < -0.39 is 12.1 Å². The summed E-state index contributed by atoms with van der Waals surface area (Å²) in [6, 6.07) is -0.626. The van der Waals surface area contributed by atoms with E-state index in [1.807, 2.05) is 6.08 Å². The van der Waals surface area contributed by atoms with Gasteiger partial charge in [0.1, 0.15) is 0 Å². The number of hydrogen-bond donors (Lipinski definition) is 3. The number of nitrogens with one attached hydrogen (secondary N) is 1. The summed E-state index contributed by atoms with van der Waals surface area (Å²) in [7, 11) is 0. The Morgan fingerprint density at radius 1 is 0.298 bits per heavy atom. The minimum absolute atomic E-state index is 0.0192. The topological polar surface area (TPSA) is 95.9 Å². The summed E-state index contributed by atoms with van der Waals surface area (Å²) in [5, 5.41) is 23.3. The first-order chi connectivity index (χ1) is 46.5. The molecule has 2 atom stereocenters. The van der Waals surface area contributed by atoms with Crippen molar-refractivity contribution in [3.8, 4) is 0 Å². The highest BCUT2D eigenvalue weighted by Gasteiger charge is 2.18. The number of carbonyl (C=O) groups excluding carboxylic acids is 2. The summed E-state index contributed by atoms with van der Waals surface area (Å²) >= 11 is 0. The predicted octanol–water partition coefficient (Wildman–Crippen LogP) is 28.7. The number of aliphatic hydroxyl groups is 2. The third-order valence-electron chi connectivity index (χ3n) is 20.1. The van der Waals surface area contributed by atoms with Gasteiger partial charge in [-0.2, -0.15) is 0 Å². The minimum atomic E-state index is -0.843. The standard InChI is InChI=1S/C88H167NO5/c1-3-5-7-9-11-13-15-17-19-21-44-48-52-56-60-64-68-72-76-80-86(91)85(84-90)89-87(92)81-77-73-69-65-61-57-53-49-46-42-40-38-36-34-32-30-28-26-24-23-25-27-29-31-33-35-37-39-41-43-47-51-55-59-63-67-71-75-79-83-94-88(93)82-78-74-70-66-62-58-54-50-45-22-20-18-16-14-12-10-8-6-4-2/h12,14,18,20,23-24,76,80,85-86,90-91H,3-11,13,15-17,19,21-22,25-75,77-79,81-84H2,1-2H3,(H,89,92)/b14-12-,20-18-,24-23-,80-76+. The van der Waals surface area contributed by atoms with E-state index in [1.165, 1.54) is 405 Å². The third-order valence-corrected chi connectivity index (χ3v) is 20.1. The first kappa shape index (κ1) is 91.8. The summed E-state index contributed by atoms with van der Waals surface area (Å²) < 4.78 is 5.52. The number of unbranched alkanes of at least 4 members (excludes halogenated alkanes) is 64. The van der Waals surface area contributed by atoms with Gasteiger partial charge < -0.3 is 20.3 Å². The maximum atomic E-state index is 12.5. The molecule has 6 nitrogen and oxygen atoms in total. The highest BCUT2D eigenvalue weighted by Crippen LogP contribution is 2.20. The van der Waals surface area contributed by atoms with Gasteiger partial charge in [-0.1, -0.05) is 422 Å². The summed E-state index contributed by atoms with van der Waals surface area (Å²) in [4.78, 5) is 24.7. The van der Waals surface area contributed by atoms with Crippen LogP contribution in [-0.2, 0) is 14.3 Å². The second kappa shape index (κ2) is 83.2. The molecular weight excluding hydrogens is 1150 g/mol. The molecule has 0 aliphatic rings. The lowest BCUT2D eigenvalue weighted by Crippen LogP contribution is -2.45. The van der Waals surface area contributed by atoms with Gasteiger partial charge in [-0.3, -0.25) is 9.59 Å². The van der Waals surface area contributed by atoms with E-state index in [0.717, 1.165) is 44.9 Å². The molecule has 0 aliphatic carbocycles. The molecule has 0 spiro atoms. The van der Waals surface area contributed by atoms with Crippen molar-refractivity contribution in [2.45, 2.75) is 488 Å². The van der Waals surface area contributed by atoms with Crippen molar-refractivity contribution < 1.29 is 24.5 Å². The molecule has 0 aromatic carbocycles. The van der Waals surface area contributed by atoms with Gasteiger partial charge in [0.2, 0.25) is 5.91 Å². The smallest absolute Gasteiger partial charge is 0.305 e. The molecule has 1 amide bonds. The number of ether oxygens (including phenoxy) is 1. The van der Waals surface area contributed by atoms with Crippen LogP contribution in [0.4, 0.5) is 0 Å². The van der Waals surface area contributed by atoms with Crippen LogP contribution in [0, 0.1) is 0 Å². The molecule has 0 saturated carbocycles. The quantitative estimate of drug-likeness (QED) is 0.0320. The number of esters is 1. The van der Waals surface area contributed by atoms with Gasteiger partial charge in [0.05, 0.1) is 25.4 Å². The van der Waals surface area contributed by atoms with Gasteiger partial charge in [-0.15, -0.1) is 0 Å². The summed E-state index contributed by atoms with van der Waals surface area (Å²) in [5.41, 5.74) is 0. The van der Waals surface area contributed by atoms with Crippen LogP contribution in [0.1, 0.15) is 476 Å². The molecule has 0 fully saturated rings. The van der Waals surface area contributed by atoms with Gasteiger partial charge in [-0.05, 0) is 89.9 Å². The number of amides is 1. The zero-order valence-corrected chi connectivity index (χ0v) is 63.7. The Hall–Kier alpha value is -2.18. The average Bonchev–Trinajstić information content (AvgIpc) is 3.79. The van der Waals surface area contributed by atoms with Crippen molar-refractivity contribution in [3.05, 3.63) is 48.6 Å². The molecule has 0 heterocycles. The molecule has 0 aliphatic heterocycles. The second-order valence-electron chi connectivity index (χ2n) is 29.5. The molecule has 0 aromatic heterocycles. The molecule has 0 bridgehead atoms. The van der Waals surface area contributed by atoms with E-state index in [0.29, 0.717) is 19.4 Å². The van der Waals surface area contributed by atoms with Crippen LogP contribution in [0.2, 0.25) is 0 Å². The fourth-order valence-corrected chi connectivity index (χ4v) is 13.5. The van der Waals surface area contributed by atoms with Crippen molar-refractivity contribution in [1.82, 2.24) is 5.32 Å². The lowest BCUT2D eigenvalue weighted by Gasteiger charge is -2.20. The van der Waals surface area contributed by atoms with E-state index in [-0.39, 0.29) is 18.5 Å². The molecule has 6 heteroatoms. The Bertz CT molecular complexity index is 1570. The van der Waals surface area contributed by atoms with E-state index in [4.69, 9.17) is 4.74 Å². The van der Waals surface area contributed by atoms with Crippen molar-refractivity contribution in [2.75, 3.05) is 13.2 Å². The monoisotopic (exact) mass is 1320 g/mol. The Balaban J connectivity index is 3.33. The molecule has 0 saturated heterocycles. The van der Waals surface area contributed by atoms with Gasteiger partial charge in [0.25, 0.3) is 0 Å². The molecule has 0 radical (unpaired) electrons. The number of allylic oxidation sites excluding steroid dienone is 7. The van der Waals surface area contributed by atoms with Gasteiger partial charge >= 0.3 is 5.97 Å². The number of hydrogen-bond acceptors (Lipinski definition) is 5. The average molecular weight is 1320 g/mol. The maximum Gasteiger partial charge on any atom is 0.305 e. The third kappa shape index (κ3) is 78.8. The van der Waals surface area contributed by atoms with Crippen molar-refractivity contribution >= 4 is 11.9 Å². The first-order valence-corrected chi connectivity index (χ1v) is 42.9. The lowest BCUT2D eigenvalue weighted by atomic mass is 10.0. The van der Waals surface area contributed by atoms with Crippen LogP contribution in [0.3, 0.4) is 0 Å². The Morgan fingerprint density at radius 2 is 0.532 bits per heavy atom. The lowest BCUT2D eigenvalue weighted by molar-refractivity contribution is -0.143. The van der Waals surface area contributed by atoms with Crippen LogP contribution >= 0.6 is 0 Å². The first-order valence-electron chi connectivity index (χ1n) is 42.9. The zero-order chi connectivity index (χ0) is 67.7. The highest BCUT2D eigenvalue weighted by atomic mass is 16.5. The normalized spacial score (nSPS) is 12.7. The molecule has 2 unspecified atom stereocenters. The van der Waals surface area contributed by atoms with Crippen molar-refractivity contribution in [1.29, 1.82) is 0 Å². The summed E-state index contributed by atoms with van der Waals surface area (Å²) in [6.07, 6.45) is 111. The van der Waals surface area contributed by atoms with Crippen LogP contribution in [0.15, 0.2) is 48.6 Å². The molecule has 0 rings (SSSR count). The van der Waals surface area contributed by atoms with Crippen LogP contribution < -0.4 is 5.32 Å². The largest absolute Gasteiger partial charge is 0.466 e. The maximum absolute atomic E-state index is 12.5. The van der Waals surface area contributed by atoms with Crippen molar-refractivity contribution in [2.24, 2.45) is 0 Å². The number of aliphatic hydroxyl groups excluding tert-OH is 2. The molecule has 554 valence electrons. The fraction of sp³-hybridized carbons (Fsp3) is 0.886. The Morgan fingerprint density at radius 3 is 0.840 bits per heavy atom. The highest BCUT2D eigenvalue weighted by molar-refractivity contribution is 5.76.